The Bertz CT molecular complexity index is 937. The van der Waals surface area contributed by atoms with E-state index in [1.807, 2.05) is 60.7 Å². The topological polar surface area (TPSA) is 67.8 Å². The largest absolute Gasteiger partial charge is 0.497 e. The first-order valence-electron chi connectivity index (χ1n) is 8.03. The smallest absolute Gasteiger partial charge is 0.275 e. The lowest BCUT2D eigenvalue weighted by Crippen LogP contribution is -2.19. The van der Waals surface area contributed by atoms with Crippen LogP contribution in [0.4, 0.5) is 0 Å². The van der Waals surface area contributed by atoms with Crippen molar-refractivity contribution in [1.82, 2.24) is 5.48 Å². The molecule has 3 rings (SSSR count). The minimum absolute atomic E-state index is 0.368. The van der Waals surface area contributed by atoms with Crippen LogP contribution in [0.3, 0.4) is 0 Å². The van der Waals surface area contributed by atoms with Crippen molar-refractivity contribution in [2.75, 3.05) is 14.2 Å². The molecular weight excluding hydrogens is 330 g/mol. The van der Waals surface area contributed by atoms with Crippen LogP contribution in [0.5, 0.6) is 11.5 Å². The molecule has 5 nitrogen and oxygen atoms in total. The Morgan fingerprint density at radius 3 is 2.00 bits per heavy atom. The van der Waals surface area contributed by atoms with Crippen LogP contribution in [0, 0.1) is 0 Å². The van der Waals surface area contributed by atoms with Crippen molar-refractivity contribution in [2.24, 2.45) is 0 Å². The fourth-order valence-corrected chi connectivity index (χ4v) is 2.81. The number of amides is 1. The number of hydroxylamine groups is 1. The molecule has 0 saturated heterocycles. The van der Waals surface area contributed by atoms with Gasteiger partial charge in [-0.3, -0.25) is 10.0 Å². The van der Waals surface area contributed by atoms with Crippen molar-refractivity contribution in [3.05, 3.63) is 72.3 Å². The quantitative estimate of drug-likeness (QED) is 0.536. The summed E-state index contributed by atoms with van der Waals surface area (Å²) in [5.41, 5.74) is 5.47. The lowest BCUT2D eigenvalue weighted by atomic mass is 9.94. The third-order valence-electron chi connectivity index (χ3n) is 4.15. The summed E-state index contributed by atoms with van der Waals surface area (Å²) in [5, 5.41) is 9.07. The predicted molar refractivity (Wildman–Crippen MR) is 99.7 cm³/mol. The van der Waals surface area contributed by atoms with Gasteiger partial charge in [0.05, 0.1) is 14.2 Å². The molecule has 3 aromatic carbocycles. The zero-order chi connectivity index (χ0) is 18.5. The van der Waals surface area contributed by atoms with Gasteiger partial charge in [-0.05, 0) is 58.7 Å². The lowest BCUT2D eigenvalue weighted by Gasteiger charge is -2.13. The molecule has 1 amide bonds. The fourth-order valence-electron chi connectivity index (χ4n) is 2.81. The van der Waals surface area contributed by atoms with Crippen LogP contribution < -0.4 is 15.0 Å². The minimum atomic E-state index is -0.569. The molecule has 0 spiro atoms. The summed E-state index contributed by atoms with van der Waals surface area (Å²) in [6.45, 7) is 0. The van der Waals surface area contributed by atoms with Crippen molar-refractivity contribution >= 4 is 5.91 Å². The van der Waals surface area contributed by atoms with E-state index in [0.29, 0.717) is 16.9 Å². The number of carbonyl (C=O) groups is 1. The van der Waals surface area contributed by atoms with E-state index in [-0.39, 0.29) is 0 Å². The summed E-state index contributed by atoms with van der Waals surface area (Å²) >= 11 is 0. The highest BCUT2D eigenvalue weighted by Gasteiger charge is 2.14. The van der Waals surface area contributed by atoms with Crippen LogP contribution in [0.1, 0.15) is 10.4 Å². The van der Waals surface area contributed by atoms with Crippen LogP contribution in [-0.2, 0) is 0 Å². The summed E-state index contributed by atoms with van der Waals surface area (Å²) < 4.78 is 10.6. The number of hydrogen-bond acceptors (Lipinski definition) is 4. The summed E-state index contributed by atoms with van der Waals surface area (Å²) in [6, 6.07) is 20.5. The zero-order valence-electron chi connectivity index (χ0n) is 14.5. The molecule has 5 heteroatoms. The van der Waals surface area contributed by atoms with E-state index < -0.39 is 5.91 Å². The number of benzene rings is 3. The summed E-state index contributed by atoms with van der Waals surface area (Å²) in [7, 11) is 3.21. The molecule has 132 valence electrons. The average molecular weight is 349 g/mol. The van der Waals surface area contributed by atoms with Crippen molar-refractivity contribution in [3.8, 4) is 33.8 Å². The van der Waals surface area contributed by atoms with Crippen molar-refractivity contribution in [3.63, 3.8) is 0 Å². The van der Waals surface area contributed by atoms with Gasteiger partial charge in [-0.2, -0.15) is 0 Å². The second-order valence-corrected chi connectivity index (χ2v) is 5.67. The lowest BCUT2D eigenvalue weighted by molar-refractivity contribution is 0.0707. The molecule has 0 aliphatic carbocycles. The Morgan fingerprint density at radius 1 is 0.808 bits per heavy atom. The van der Waals surface area contributed by atoms with E-state index in [4.69, 9.17) is 14.7 Å². The highest BCUT2D eigenvalue weighted by Crippen LogP contribution is 2.32. The molecule has 0 radical (unpaired) electrons. The van der Waals surface area contributed by atoms with Crippen molar-refractivity contribution in [2.45, 2.75) is 0 Å². The number of ether oxygens (including phenoxy) is 2. The molecule has 0 saturated carbocycles. The van der Waals surface area contributed by atoms with E-state index in [9.17, 15) is 4.79 Å². The number of rotatable bonds is 5. The van der Waals surface area contributed by atoms with Gasteiger partial charge in [0.1, 0.15) is 11.5 Å². The second-order valence-electron chi connectivity index (χ2n) is 5.67. The van der Waals surface area contributed by atoms with E-state index in [0.717, 1.165) is 22.4 Å². The minimum Gasteiger partial charge on any atom is -0.497 e. The van der Waals surface area contributed by atoms with Gasteiger partial charge >= 0.3 is 0 Å². The van der Waals surface area contributed by atoms with Crippen molar-refractivity contribution in [1.29, 1.82) is 0 Å². The fraction of sp³-hybridized carbons (Fsp3) is 0.0952. The summed E-state index contributed by atoms with van der Waals surface area (Å²) in [5.74, 6) is 0.868. The number of nitrogens with one attached hydrogen (secondary N) is 1. The van der Waals surface area contributed by atoms with E-state index in [2.05, 4.69) is 0 Å². The molecule has 26 heavy (non-hydrogen) atoms. The predicted octanol–water partition coefficient (Wildman–Crippen LogP) is 4.16. The van der Waals surface area contributed by atoms with Gasteiger partial charge in [0.25, 0.3) is 5.91 Å². The van der Waals surface area contributed by atoms with Gasteiger partial charge in [-0.15, -0.1) is 0 Å². The maximum atomic E-state index is 12.1. The maximum Gasteiger partial charge on any atom is 0.275 e. The van der Waals surface area contributed by atoms with Crippen LogP contribution >= 0.6 is 0 Å². The van der Waals surface area contributed by atoms with E-state index in [1.165, 1.54) is 0 Å². The number of methoxy groups -OCH3 is 2. The average Bonchev–Trinajstić information content (AvgIpc) is 2.72. The Morgan fingerprint density at radius 2 is 1.38 bits per heavy atom. The highest BCUT2D eigenvalue weighted by molar-refractivity contribution is 6.01. The van der Waals surface area contributed by atoms with E-state index in [1.54, 1.807) is 25.8 Å². The molecule has 0 aromatic heterocycles. The first-order valence-corrected chi connectivity index (χ1v) is 8.03. The molecular formula is C21H19NO4. The Labute approximate surface area is 151 Å². The maximum absolute atomic E-state index is 12.1. The molecule has 0 atom stereocenters. The molecule has 2 N–H and O–H groups in total. The first kappa shape index (κ1) is 17.5. The third-order valence-corrected chi connectivity index (χ3v) is 4.15. The Hall–Kier alpha value is -3.31. The normalized spacial score (nSPS) is 10.3. The zero-order valence-corrected chi connectivity index (χ0v) is 14.5. The van der Waals surface area contributed by atoms with Crippen LogP contribution in [0.25, 0.3) is 22.3 Å². The Balaban J connectivity index is 2.16. The molecule has 0 aliphatic rings. The summed E-state index contributed by atoms with van der Waals surface area (Å²) in [4.78, 5) is 12.1. The molecule has 0 aliphatic heterocycles. The summed E-state index contributed by atoms with van der Waals surface area (Å²) in [6.07, 6.45) is 0. The Kier molecular flexibility index (Phi) is 5.20. The monoisotopic (exact) mass is 349 g/mol. The SMILES string of the molecule is COc1cccc(-c2ccc(C(=O)NO)c(-c3cccc(OC)c3)c2)c1. The third kappa shape index (κ3) is 3.53. The molecule has 0 bridgehead atoms. The molecule has 0 fully saturated rings. The van der Waals surface area contributed by atoms with Crippen molar-refractivity contribution < 1.29 is 19.5 Å². The van der Waals surface area contributed by atoms with Crippen LogP contribution in [0.15, 0.2) is 66.7 Å². The first-order chi connectivity index (χ1) is 12.7. The molecule has 3 aromatic rings. The van der Waals surface area contributed by atoms with Gasteiger partial charge in [0.15, 0.2) is 0 Å². The van der Waals surface area contributed by atoms with Gasteiger partial charge in [0, 0.05) is 5.56 Å². The second kappa shape index (κ2) is 7.72. The van der Waals surface area contributed by atoms with Gasteiger partial charge < -0.3 is 9.47 Å². The van der Waals surface area contributed by atoms with Crippen LogP contribution in [0.2, 0.25) is 0 Å². The standard InChI is InChI=1S/C21H19NO4/c1-25-17-7-3-5-14(11-17)15-9-10-19(21(23)22-24)20(13-15)16-6-4-8-18(12-16)26-2/h3-13,24H,1-2H3,(H,22,23). The number of hydrogen-bond donors (Lipinski definition) is 2. The number of carbonyl (C=O) groups excluding carboxylic acids is 1. The van der Waals surface area contributed by atoms with Crippen LogP contribution in [-0.4, -0.2) is 25.3 Å². The highest BCUT2D eigenvalue weighted by atomic mass is 16.5. The molecule has 0 unspecified atom stereocenters. The van der Waals surface area contributed by atoms with Gasteiger partial charge in [-0.25, -0.2) is 5.48 Å². The van der Waals surface area contributed by atoms with E-state index >= 15 is 0 Å². The molecule has 0 heterocycles. The van der Waals surface area contributed by atoms with Gasteiger partial charge in [-0.1, -0.05) is 30.3 Å². The van der Waals surface area contributed by atoms with Gasteiger partial charge in [0.2, 0.25) is 0 Å².